The number of carbonyl (C=O) groups excluding carboxylic acids is 1. The quantitative estimate of drug-likeness (QED) is 0.829. The van der Waals surface area contributed by atoms with Crippen molar-refractivity contribution in [2.24, 2.45) is 0 Å². The van der Waals surface area contributed by atoms with Crippen molar-refractivity contribution in [3.8, 4) is 0 Å². The van der Waals surface area contributed by atoms with E-state index in [1.807, 2.05) is 4.90 Å². The lowest BCUT2D eigenvalue weighted by atomic mass is 10.0. The second-order valence-corrected chi connectivity index (χ2v) is 6.73. The number of rotatable bonds is 2. The molecule has 2 atom stereocenters. The number of likely N-dealkylation sites (N-methyl/N-ethyl adjacent to an activating group) is 1. The molecule has 2 saturated heterocycles. The van der Waals surface area contributed by atoms with E-state index in [2.05, 4.69) is 16.9 Å². The molecule has 0 radical (unpaired) electrons. The molecule has 1 aromatic heterocycles. The monoisotopic (exact) mass is 341 g/mol. The first kappa shape index (κ1) is 17.2. The summed E-state index contributed by atoms with van der Waals surface area (Å²) in [6.07, 6.45) is -0.410. The lowest BCUT2D eigenvalue weighted by Crippen LogP contribution is -2.47. The van der Waals surface area contributed by atoms with E-state index in [1.54, 1.807) is 0 Å². The zero-order valence-corrected chi connectivity index (χ0v) is 13.9. The van der Waals surface area contributed by atoms with Gasteiger partial charge in [0, 0.05) is 18.6 Å². The number of carbonyl (C=O) groups is 1. The fraction of sp³-hybridized carbons (Fsp3) is 0.647. The van der Waals surface area contributed by atoms with Gasteiger partial charge in [-0.15, -0.1) is 0 Å². The first-order chi connectivity index (χ1) is 11.3. The molecule has 24 heavy (non-hydrogen) atoms. The van der Waals surface area contributed by atoms with Crippen molar-refractivity contribution >= 4 is 5.91 Å². The van der Waals surface area contributed by atoms with Gasteiger partial charge in [-0.1, -0.05) is 0 Å². The Morgan fingerprint density at radius 3 is 2.42 bits per heavy atom. The summed E-state index contributed by atoms with van der Waals surface area (Å²) in [5.41, 5.74) is -0.541. The second kappa shape index (κ2) is 6.35. The SMILES string of the molecule is Cc1nc(C(F)(F)F)ccc1C(=O)N1CCC[C@H]1[C@H]1CCCN1C. The third-order valence-electron chi connectivity index (χ3n) is 5.19. The molecule has 1 amide bonds. The molecule has 0 spiro atoms. The van der Waals surface area contributed by atoms with Crippen molar-refractivity contribution in [3.05, 3.63) is 29.1 Å². The fourth-order valence-electron chi connectivity index (χ4n) is 3.97. The van der Waals surface area contributed by atoms with Crippen molar-refractivity contribution in [3.63, 3.8) is 0 Å². The normalized spacial score (nSPS) is 25.5. The summed E-state index contributed by atoms with van der Waals surface area (Å²) < 4.78 is 38.2. The van der Waals surface area contributed by atoms with Crippen LogP contribution in [-0.4, -0.2) is 52.9 Å². The highest BCUT2D eigenvalue weighted by Crippen LogP contribution is 2.32. The van der Waals surface area contributed by atoms with Crippen LogP contribution in [0.4, 0.5) is 13.2 Å². The van der Waals surface area contributed by atoms with E-state index in [0.29, 0.717) is 12.6 Å². The van der Waals surface area contributed by atoms with Gasteiger partial charge in [-0.3, -0.25) is 4.79 Å². The van der Waals surface area contributed by atoms with Crippen LogP contribution in [0.25, 0.3) is 0 Å². The number of alkyl halides is 3. The number of pyridine rings is 1. The number of aromatic nitrogens is 1. The lowest BCUT2D eigenvalue weighted by Gasteiger charge is -2.33. The summed E-state index contributed by atoms with van der Waals surface area (Å²) in [5.74, 6) is -0.198. The molecule has 0 aromatic carbocycles. The summed E-state index contributed by atoms with van der Waals surface area (Å²) in [4.78, 5) is 20.6. The Morgan fingerprint density at radius 1 is 1.17 bits per heavy atom. The van der Waals surface area contributed by atoms with Crippen molar-refractivity contribution < 1.29 is 18.0 Å². The smallest absolute Gasteiger partial charge is 0.334 e. The molecule has 7 heteroatoms. The molecule has 2 aliphatic rings. The molecular formula is C17H22F3N3O. The van der Waals surface area contributed by atoms with Crippen LogP contribution in [0.5, 0.6) is 0 Å². The van der Waals surface area contributed by atoms with Gasteiger partial charge < -0.3 is 9.80 Å². The van der Waals surface area contributed by atoms with Crippen molar-refractivity contribution in [1.29, 1.82) is 0 Å². The largest absolute Gasteiger partial charge is 0.433 e. The average molecular weight is 341 g/mol. The van der Waals surface area contributed by atoms with Crippen LogP contribution in [0.2, 0.25) is 0 Å². The maximum atomic E-state index is 12.9. The number of amides is 1. The summed E-state index contributed by atoms with van der Waals surface area (Å²) in [6, 6.07) is 2.65. The molecular weight excluding hydrogens is 319 g/mol. The molecule has 4 nitrogen and oxygen atoms in total. The Balaban J connectivity index is 1.83. The van der Waals surface area contributed by atoms with Crippen LogP contribution in [0, 0.1) is 6.92 Å². The number of nitrogens with zero attached hydrogens (tertiary/aromatic N) is 3. The molecule has 2 aliphatic heterocycles. The molecule has 132 valence electrons. The van der Waals surface area contributed by atoms with Crippen LogP contribution in [0.3, 0.4) is 0 Å². The molecule has 2 fully saturated rings. The van der Waals surface area contributed by atoms with Gasteiger partial charge in [-0.2, -0.15) is 13.2 Å². The van der Waals surface area contributed by atoms with Crippen LogP contribution < -0.4 is 0 Å². The van der Waals surface area contributed by atoms with E-state index in [-0.39, 0.29) is 23.2 Å². The van der Waals surface area contributed by atoms with Gasteiger partial charge in [-0.25, -0.2) is 4.98 Å². The molecule has 0 unspecified atom stereocenters. The summed E-state index contributed by atoms with van der Waals surface area (Å²) >= 11 is 0. The Bertz CT molecular complexity index is 632. The van der Waals surface area contributed by atoms with E-state index in [9.17, 15) is 18.0 Å². The second-order valence-electron chi connectivity index (χ2n) is 6.73. The summed E-state index contributed by atoms with van der Waals surface area (Å²) in [7, 11) is 2.07. The van der Waals surface area contributed by atoms with E-state index < -0.39 is 11.9 Å². The topological polar surface area (TPSA) is 36.4 Å². The van der Waals surface area contributed by atoms with Gasteiger partial charge >= 0.3 is 6.18 Å². The number of hydrogen-bond donors (Lipinski definition) is 0. The van der Waals surface area contributed by atoms with Gasteiger partial charge in [-0.05, 0) is 58.3 Å². The molecule has 3 rings (SSSR count). The fourth-order valence-corrected chi connectivity index (χ4v) is 3.97. The van der Waals surface area contributed by atoms with E-state index >= 15 is 0 Å². The highest BCUT2D eigenvalue weighted by Gasteiger charge is 2.39. The Morgan fingerprint density at radius 2 is 1.83 bits per heavy atom. The van der Waals surface area contributed by atoms with Gasteiger partial charge in [0.2, 0.25) is 0 Å². The lowest BCUT2D eigenvalue weighted by molar-refractivity contribution is -0.141. The minimum Gasteiger partial charge on any atom is -0.334 e. The Kier molecular flexibility index (Phi) is 4.55. The van der Waals surface area contributed by atoms with Gasteiger partial charge in [0.05, 0.1) is 11.3 Å². The zero-order valence-electron chi connectivity index (χ0n) is 13.9. The third kappa shape index (κ3) is 3.14. The Labute approximate surface area is 139 Å². The van der Waals surface area contributed by atoms with Crippen LogP contribution in [0.15, 0.2) is 12.1 Å². The van der Waals surface area contributed by atoms with E-state index in [4.69, 9.17) is 0 Å². The summed E-state index contributed by atoms with van der Waals surface area (Å²) in [6.45, 7) is 3.16. The number of aryl methyl sites for hydroxylation is 1. The first-order valence-corrected chi connectivity index (χ1v) is 8.35. The zero-order chi connectivity index (χ0) is 17.5. The minimum atomic E-state index is -4.49. The van der Waals surface area contributed by atoms with Crippen LogP contribution in [-0.2, 0) is 6.18 Å². The molecule has 3 heterocycles. The number of halogens is 3. The Hall–Kier alpha value is -1.63. The van der Waals surface area contributed by atoms with Gasteiger partial charge in [0.1, 0.15) is 5.69 Å². The van der Waals surface area contributed by atoms with Gasteiger partial charge in [0.15, 0.2) is 0 Å². The highest BCUT2D eigenvalue weighted by atomic mass is 19.4. The molecule has 1 aromatic rings. The van der Waals surface area contributed by atoms with Crippen molar-refractivity contribution in [1.82, 2.24) is 14.8 Å². The first-order valence-electron chi connectivity index (χ1n) is 8.35. The average Bonchev–Trinajstić information content (AvgIpc) is 3.13. The number of likely N-dealkylation sites (tertiary alicyclic amines) is 2. The van der Waals surface area contributed by atoms with Gasteiger partial charge in [0.25, 0.3) is 5.91 Å². The van der Waals surface area contributed by atoms with E-state index in [0.717, 1.165) is 38.3 Å². The molecule has 0 N–H and O–H groups in total. The maximum absolute atomic E-state index is 12.9. The minimum absolute atomic E-state index is 0.139. The standard InChI is InChI=1S/C17H22F3N3O/c1-11-12(7-8-15(21-11)17(18,19)20)16(24)23-10-4-6-14(23)13-5-3-9-22(13)2/h7-8,13-14H,3-6,9-10H2,1-2H3/t13-,14+/m1/s1. The van der Waals surface area contributed by atoms with Crippen LogP contribution >= 0.6 is 0 Å². The molecule has 0 aliphatic carbocycles. The summed E-state index contributed by atoms with van der Waals surface area (Å²) in [5, 5.41) is 0. The maximum Gasteiger partial charge on any atom is 0.433 e. The molecule has 0 bridgehead atoms. The third-order valence-corrected chi connectivity index (χ3v) is 5.19. The van der Waals surface area contributed by atoms with Crippen LogP contribution in [0.1, 0.15) is 47.4 Å². The molecule has 0 saturated carbocycles. The number of hydrogen-bond acceptors (Lipinski definition) is 3. The predicted molar refractivity (Wildman–Crippen MR) is 83.7 cm³/mol. The highest BCUT2D eigenvalue weighted by molar-refractivity contribution is 5.95. The van der Waals surface area contributed by atoms with E-state index in [1.165, 1.54) is 13.0 Å². The van der Waals surface area contributed by atoms with Crippen molar-refractivity contribution in [2.45, 2.75) is 50.9 Å². The predicted octanol–water partition coefficient (Wildman–Crippen LogP) is 3.11. The van der Waals surface area contributed by atoms with Crippen molar-refractivity contribution in [2.75, 3.05) is 20.1 Å².